The monoisotopic (exact) mass is 305 g/mol. The van der Waals surface area contributed by atoms with E-state index in [1.807, 2.05) is 6.92 Å². The number of carbonyl (C=O) groups excluding carboxylic acids is 1. The number of hydrogen-bond donors (Lipinski definition) is 1. The molecule has 0 aromatic heterocycles. The van der Waals surface area contributed by atoms with Crippen molar-refractivity contribution in [1.82, 2.24) is 4.90 Å². The van der Waals surface area contributed by atoms with Gasteiger partial charge in [-0.15, -0.1) is 0 Å². The lowest BCUT2D eigenvalue weighted by Crippen LogP contribution is -2.29. The first kappa shape index (κ1) is 14.7. The highest BCUT2D eigenvalue weighted by Crippen LogP contribution is 2.32. The molecule has 0 radical (unpaired) electrons. The maximum absolute atomic E-state index is 12.6. The van der Waals surface area contributed by atoms with E-state index in [-0.39, 0.29) is 18.4 Å². The van der Waals surface area contributed by atoms with Gasteiger partial charge in [0.25, 0.3) is 5.91 Å². The number of likely N-dealkylation sites (tertiary alicyclic amines) is 1. The van der Waals surface area contributed by atoms with Crippen LogP contribution < -0.4 is 9.47 Å². The summed E-state index contributed by atoms with van der Waals surface area (Å²) >= 11 is 0. The third-order valence-electron chi connectivity index (χ3n) is 4.21. The van der Waals surface area contributed by atoms with E-state index in [2.05, 4.69) is 0 Å². The van der Waals surface area contributed by atoms with Gasteiger partial charge in [0, 0.05) is 25.1 Å². The molecular formula is C16H19NO5. The zero-order valence-electron chi connectivity index (χ0n) is 12.4. The van der Waals surface area contributed by atoms with Gasteiger partial charge in [-0.05, 0) is 24.1 Å². The first-order chi connectivity index (χ1) is 10.6. The SMILES string of the molecule is C[C@@H]1CN(C(=O)c2ccc3c(c2)OCCCO3)C[C@H]1C(=O)O. The summed E-state index contributed by atoms with van der Waals surface area (Å²) in [6, 6.07) is 5.12. The Morgan fingerprint density at radius 2 is 1.91 bits per heavy atom. The first-order valence-electron chi connectivity index (χ1n) is 7.48. The molecule has 0 spiro atoms. The van der Waals surface area contributed by atoms with Crippen molar-refractivity contribution in [1.29, 1.82) is 0 Å². The molecule has 2 atom stereocenters. The summed E-state index contributed by atoms with van der Waals surface area (Å²) in [7, 11) is 0. The number of amides is 1. The molecule has 1 saturated heterocycles. The van der Waals surface area contributed by atoms with E-state index in [1.165, 1.54) is 0 Å². The zero-order chi connectivity index (χ0) is 15.7. The van der Waals surface area contributed by atoms with Gasteiger partial charge in [-0.1, -0.05) is 6.92 Å². The largest absolute Gasteiger partial charge is 0.490 e. The summed E-state index contributed by atoms with van der Waals surface area (Å²) in [6.07, 6.45) is 0.807. The van der Waals surface area contributed by atoms with Crippen molar-refractivity contribution in [2.45, 2.75) is 13.3 Å². The first-order valence-corrected chi connectivity index (χ1v) is 7.48. The highest BCUT2D eigenvalue weighted by atomic mass is 16.5. The van der Waals surface area contributed by atoms with Crippen LogP contribution in [0.3, 0.4) is 0 Å². The molecule has 6 heteroatoms. The van der Waals surface area contributed by atoms with Crippen molar-refractivity contribution in [3.05, 3.63) is 23.8 Å². The lowest BCUT2D eigenvalue weighted by molar-refractivity contribution is -0.142. The number of benzene rings is 1. The normalized spacial score (nSPS) is 24.0. The lowest BCUT2D eigenvalue weighted by Gasteiger charge is -2.17. The van der Waals surface area contributed by atoms with Crippen LogP contribution in [0, 0.1) is 11.8 Å². The van der Waals surface area contributed by atoms with E-state index >= 15 is 0 Å². The fourth-order valence-electron chi connectivity index (χ4n) is 2.93. The van der Waals surface area contributed by atoms with Crippen LogP contribution in [-0.4, -0.2) is 48.2 Å². The van der Waals surface area contributed by atoms with Gasteiger partial charge < -0.3 is 19.5 Å². The number of aliphatic carboxylic acids is 1. The van der Waals surface area contributed by atoms with Gasteiger partial charge in [0.15, 0.2) is 11.5 Å². The molecule has 1 aromatic carbocycles. The number of rotatable bonds is 2. The minimum absolute atomic E-state index is 0.0399. The van der Waals surface area contributed by atoms with Crippen molar-refractivity contribution >= 4 is 11.9 Å². The smallest absolute Gasteiger partial charge is 0.308 e. The predicted molar refractivity (Wildman–Crippen MR) is 78.2 cm³/mol. The van der Waals surface area contributed by atoms with Gasteiger partial charge in [0.2, 0.25) is 0 Å². The third kappa shape index (κ3) is 2.73. The summed E-state index contributed by atoms with van der Waals surface area (Å²) in [5.41, 5.74) is 0.502. The van der Waals surface area contributed by atoms with E-state index in [4.69, 9.17) is 14.6 Å². The minimum Gasteiger partial charge on any atom is -0.490 e. The molecule has 2 aliphatic rings. The third-order valence-corrected chi connectivity index (χ3v) is 4.21. The fraction of sp³-hybridized carbons (Fsp3) is 0.500. The molecule has 1 amide bonds. The van der Waals surface area contributed by atoms with Crippen molar-refractivity contribution in [3.8, 4) is 11.5 Å². The average Bonchev–Trinajstić information content (AvgIpc) is 2.74. The minimum atomic E-state index is -0.846. The molecule has 1 aromatic rings. The number of carboxylic acids is 1. The molecule has 2 aliphatic heterocycles. The molecule has 1 fully saturated rings. The Bertz CT molecular complexity index is 600. The van der Waals surface area contributed by atoms with Gasteiger partial charge in [0.1, 0.15) is 0 Å². The Morgan fingerprint density at radius 3 is 2.59 bits per heavy atom. The molecule has 1 N–H and O–H groups in total. The van der Waals surface area contributed by atoms with Crippen LogP contribution in [0.5, 0.6) is 11.5 Å². The van der Waals surface area contributed by atoms with E-state index in [1.54, 1.807) is 23.1 Å². The van der Waals surface area contributed by atoms with Crippen LogP contribution in [0.15, 0.2) is 18.2 Å². The molecule has 118 valence electrons. The standard InChI is InChI=1S/C16H19NO5/c1-10-8-17(9-12(10)16(19)20)15(18)11-3-4-13-14(7-11)22-6-2-5-21-13/h3-4,7,10,12H,2,5-6,8-9H2,1H3,(H,19,20)/t10-,12-/m1/s1. The molecular weight excluding hydrogens is 286 g/mol. The van der Waals surface area contributed by atoms with Crippen molar-refractivity contribution in [2.75, 3.05) is 26.3 Å². The Kier molecular flexibility index (Phi) is 3.92. The molecule has 2 heterocycles. The number of hydrogen-bond acceptors (Lipinski definition) is 4. The maximum Gasteiger partial charge on any atom is 0.308 e. The summed E-state index contributed by atoms with van der Waals surface area (Å²) in [5.74, 6) is -0.323. The van der Waals surface area contributed by atoms with Gasteiger partial charge in [0.05, 0.1) is 19.1 Å². The Hall–Kier alpha value is -2.24. The summed E-state index contributed by atoms with van der Waals surface area (Å²) in [4.78, 5) is 25.3. The van der Waals surface area contributed by atoms with Crippen LogP contribution >= 0.6 is 0 Å². The van der Waals surface area contributed by atoms with Crippen LogP contribution in [0.2, 0.25) is 0 Å². The number of ether oxygens (including phenoxy) is 2. The second kappa shape index (κ2) is 5.87. The summed E-state index contributed by atoms with van der Waals surface area (Å²) < 4.78 is 11.1. The highest BCUT2D eigenvalue weighted by Gasteiger charge is 2.37. The van der Waals surface area contributed by atoms with Gasteiger partial charge in [-0.2, -0.15) is 0 Å². The van der Waals surface area contributed by atoms with Gasteiger partial charge in [-0.3, -0.25) is 9.59 Å². The number of carboxylic acid groups (broad SMARTS) is 1. The Labute approximate surface area is 128 Å². The molecule has 0 saturated carbocycles. The number of fused-ring (bicyclic) bond motifs is 1. The highest BCUT2D eigenvalue weighted by molar-refractivity contribution is 5.95. The second-order valence-corrected chi connectivity index (χ2v) is 5.84. The maximum atomic E-state index is 12.6. The topological polar surface area (TPSA) is 76.1 Å². The predicted octanol–water partition coefficient (Wildman–Crippen LogP) is 1.64. The van der Waals surface area contributed by atoms with Crippen LogP contribution in [0.1, 0.15) is 23.7 Å². The van der Waals surface area contributed by atoms with E-state index in [0.717, 1.165) is 6.42 Å². The number of carbonyl (C=O) groups is 2. The molecule has 6 nitrogen and oxygen atoms in total. The van der Waals surface area contributed by atoms with Crippen molar-refractivity contribution in [2.24, 2.45) is 11.8 Å². The summed E-state index contributed by atoms with van der Waals surface area (Å²) in [6.45, 7) is 3.74. The quantitative estimate of drug-likeness (QED) is 0.899. The van der Waals surface area contributed by atoms with E-state index < -0.39 is 11.9 Å². The van der Waals surface area contributed by atoms with E-state index in [9.17, 15) is 9.59 Å². The molecule has 0 aliphatic carbocycles. The van der Waals surface area contributed by atoms with Crippen molar-refractivity contribution < 1.29 is 24.2 Å². The Balaban J connectivity index is 1.78. The van der Waals surface area contributed by atoms with Gasteiger partial charge in [-0.25, -0.2) is 0 Å². The molecule has 0 bridgehead atoms. The van der Waals surface area contributed by atoms with Gasteiger partial charge >= 0.3 is 5.97 Å². The lowest BCUT2D eigenvalue weighted by atomic mass is 9.99. The molecule has 3 rings (SSSR count). The molecule has 22 heavy (non-hydrogen) atoms. The van der Waals surface area contributed by atoms with Crippen LogP contribution in [0.4, 0.5) is 0 Å². The Morgan fingerprint density at radius 1 is 1.18 bits per heavy atom. The van der Waals surface area contributed by atoms with Crippen molar-refractivity contribution in [3.63, 3.8) is 0 Å². The van der Waals surface area contributed by atoms with Crippen LogP contribution in [0.25, 0.3) is 0 Å². The van der Waals surface area contributed by atoms with Crippen LogP contribution in [-0.2, 0) is 4.79 Å². The molecule has 0 unspecified atom stereocenters. The summed E-state index contributed by atoms with van der Waals surface area (Å²) in [5, 5.41) is 9.17. The average molecular weight is 305 g/mol. The van der Waals surface area contributed by atoms with E-state index in [0.29, 0.717) is 36.8 Å². The number of nitrogens with zero attached hydrogens (tertiary/aromatic N) is 1. The fourth-order valence-corrected chi connectivity index (χ4v) is 2.93. The second-order valence-electron chi connectivity index (χ2n) is 5.84. The zero-order valence-corrected chi connectivity index (χ0v) is 12.4.